The Bertz CT molecular complexity index is 463. The summed E-state index contributed by atoms with van der Waals surface area (Å²) in [5, 5.41) is 0.446. The van der Waals surface area contributed by atoms with Crippen LogP contribution in [0.3, 0.4) is 0 Å². The predicted molar refractivity (Wildman–Crippen MR) is 79.0 cm³/mol. The molecule has 0 aliphatic rings. The van der Waals surface area contributed by atoms with Gasteiger partial charge in [0.1, 0.15) is 0 Å². The first kappa shape index (κ1) is 15.6. The summed E-state index contributed by atoms with van der Waals surface area (Å²) in [6.07, 6.45) is 0. The van der Waals surface area contributed by atoms with Crippen LogP contribution < -0.4 is 10.6 Å². The van der Waals surface area contributed by atoms with Crippen LogP contribution in [0.4, 0.5) is 11.4 Å². The van der Waals surface area contributed by atoms with Crippen LogP contribution in [0.15, 0.2) is 12.1 Å². The van der Waals surface area contributed by atoms with Gasteiger partial charge < -0.3 is 20.3 Å². The smallest absolute Gasteiger partial charge is 0.340 e. The van der Waals surface area contributed by atoms with Crippen molar-refractivity contribution >= 4 is 28.9 Å². The molecule has 0 unspecified atom stereocenters. The summed E-state index contributed by atoms with van der Waals surface area (Å²) in [5.74, 6) is -0.444. The van der Waals surface area contributed by atoms with Crippen molar-refractivity contribution in [3.63, 3.8) is 0 Å². The molecule has 106 valence electrons. The Morgan fingerprint density at radius 1 is 1.32 bits per heavy atom. The maximum atomic E-state index is 11.8. The summed E-state index contributed by atoms with van der Waals surface area (Å²) in [6.45, 7) is 1.58. The highest BCUT2D eigenvalue weighted by molar-refractivity contribution is 6.34. The summed E-state index contributed by atoms with van der Waals surface area (Å²) in [4.78, 5) is 15.8. The number of nitrogen functional groups attached to an aromatic ring is 1. The molecule has 1 aromatic rings. The van der Waals surface area contributed by atoms with Gasteiger partial charge in [0.05, 0.1) is 23.4 Å². The molecule has 0 aliphatic heterocycles. The number of methoxy groups -OCH3 is 1. The van der Waals surface area contributed by atoms with E-state index in [1.54, 1.807) is 12.1 Å². The van der Waals surface area contributed by atoms with Crippen LogP contribution in [-0.4, -0.2) is 52.2 Å². The van der Waals surface area contributed by atoms with Gasteiger partial charge in [0.25, 0.3) is 0 Å². The molecule has 5 nitrogen and oxygen atoms in total. The van der Waals surface area contributed by atoms with Crippen molar-refractivity contribution in [1.82, 2.24) is 4.90 Å². The van der Waals surface area contributed by atoms with Gasteiger partial charge in [-0.25, -0.2) is 4.79 Å². The van der Waals surface area contributed by atoms with E-state index in [-0.39, 0.29) is 0 Å². The molecule has 0 heterocycles. The quantitative estimate of drug-likeness (QED) is 0.659. The number of hydrogen-bond donors (Lipinski definition) is 1. The third kappa shape index (κ3) is 4.01. The first-order valence-corrected chi connectivity index (χ1v) is 6.27. The molecule has 0 atom stereocenters. The van der Waals surface area contributed by atoms with Crippen molar-refractivity contribution in [2.24, 2.45) is 0 Å². The van der Waals surface area contributed by atoms with E-state index in [1.807, 2.05) is 26.0 Å². The Hall–Kier alpha value is -1.46. The van der Waals surface area contributed by atoms with Crippen LogP contribution in [0, 0.1) is 0 Å². The molecule has 0 saturated carbocycles. The molecule has 0 bridgehead atoms. The van der Waals surface area contributed by atoms with Crippen molar-refractivity contribution in [2.75, 3.05) is 52.0 Å². The van der Waals surface area contributed by atoms with E-state index in [0.29, 0.717) is 22.0 Å². The molecule has 2 N–H and O–H groups in total. The number of ether oxygens (including phenoxy) is 1. The summed E-state index contributed by atoms with van der Waals surface area (Å²) >= 11 is 6.20. The Labute approximate surface area is 118 Å². The first-order chi connectivity index (χ1) is 8.86. The fraction of sp³-hybridized carbons (Fsp3) is 0.462. The zero-order valence-electron chi connectivity index (χ0n) is 11.7. The van der Waals surface area contributed by atoms with Gasteiger partial charge in [-0.3, -0.25) is 0 Å². The SMILES string of the molecule is COC(=O)c1cc(N)cc(Cl)c1N(C)CCN(C)C. The van der Waals surface area contributed by atoms with Gasteiger partial charge in [0, 0.05) is 25.8 Å². The number of rotatable bonds is 5. The van der Waals surface area contributed by atoms with Crippen molar-refractivity contribution in [3.8, 4) is 0 Å². The lowest BCUT2D eigenvalue weighted by Crippen LogP contribution is -2.30. The van der Waals surface area contributed by atoms with Crippen molar-refractivity contribution in [3.05, 3.63) is 22.7 Å². The first-order valence-electron chi connectivity index (χ1n) is 5.90. The molecule has 0 aromatic heterocycles. The molecule has 0 radical (unpaired) electrons. The number of benzene rings is 1. The van der Waals surface area contributed by atoms with Gasteiger partial charge in [-0.2, -0.15) is 0 Å². The second-order valence-electron chi connectivity index (χ2n) is 4.62. The molecule has 1 rings (SSSR count). The Kier molecular flexibility index (Phi) is 5.44. The Balaban J connectivity index is 3.13. The second-order valence-corrected chi connectivity index (χ2v) is 5.02. The van der Waals surface area contributed by atoms with E-state index in [1.165, 1.54) is 7.11 Å². The van der Waals surface area contributed by atoms with Gasteiger partial charge in [0.15, 0.2) is 0 Å². The van der Waals surface area contributed by atoms with Crippen LogP contribution in [-0.2, 0) is 4.74 Å². The molecule has 0 aliphatic carbocycles. The number of carbonyl (C=O) groups excluding carboxylic acids is 1. The standard InChI is InChI=1S/C13H20ClN3O2/c1-16(2)5-6-17(3)12-10(13(18)19-4)7-9(15)8-11(12)14/h7-8H,5-6,15H2,1-4H3. The van der Waals surface area contributed by atoms with E-state index in [9.17, 15) is 4.79 Å². The largest absolute Gasteiger partial charge is 0.465 e. The summed E-state index contributed by atoms with van der Waals surface area (Å²) in [7, 11) is 7.19. The number of hydrogen-bond acceptors (Lipinski definition) is 5. The van der Waals surface area contributed by atoms with Crippen LogP contribution in [0.2, 0.25) is 5.02 Å². The zero-order valence-corrected chi connectivity index (χ0v) is 12.5. The number of halogens is 1. The van der Waals surface area contributed by atoms with Crippen LogP contribution >= 0.6 is 11.6 Å². The molecular formula is C13H20ClN3O2. The third-order valence-electron chi connectivity index (χ3n) is 2.76. The summed E-state index contributed by atoms with van der Waals surface area (Å²) in [6, 6.07) is 3.22. The molecule has 0 saturated heterocycles. The highest BCUT2D eigenvalue weighted by Crippen LogP contribution is 2.32. The van der Waals surface area contributed by atoms with Gasteiger partial charge >= 0.3 is 5.97 Å². The van der Waals surface area contributed by atoms with Crippen molar-refractivity contribution in [1.29, 1.82) is 0 Å². The van der Waals surface area contributed by atoms with Crippen LogP contribution in [0.1, 0.15) is 10.4 Å². The van der Waals surface area contributed by atoms with Crippen molar-refractivity contribution in [2.45, 2.75) is 0 Å². The minimum absolute atomic E-state index is 0.383. The van der Waals surface area contributed by atoms with Crippen molar-refractivity contribution < 1.29 is 9.53 Å². The number of carbonyl (C=O) groups is 1. The zero-order chi connectivity index (χ0) is 14.6. The van der Waals surface area contributed by atoms with Gasteiger partial charge in [0.2, 0.25) is 0 Å². The third-order valence-corrected chi connectivity index (χ3v) is 3.04. The van der Waals surface area contributed by atoms with Gasteiger partial charge in [-0.05, 0) is 26.2 Å². The topological polar surface area (TPSA) is 58.8 Å². The van der Waals surface area contributed by atoms with Gasteiger partial charge in [-0.15, -0.1) is 0 Å². The van der Waals surface area contributed by atoms with E-state index in [0.717, 1.165) is 13.1 Å². The molecule has 6 heteroatoms. The number of likely N-dealkylation sites (N-methyl/N-ethyl adjacent to an activating group) is 2. The van der Waals surface area contributed by atoms with E-state index >= 15 is 0 Å². The number of nitrogens with two attached hydrogens (primary N) is 1. The highest BCUT2D eigenvalue weighted by atomic mass is 35.5. The van der Waals surface area contributed by atoms with Gasteiger partial charge in [-0.1, -0.05) is 11.6 Å². The average Bonchev–Trinajstić information content (AvgIpc) is 2.33. The Morgan fingerprint density at radius 3 is 2.47 bits per heavy atom. The maximum Gasteiger partial charge on any atom is 0.340 e. The molecule has 1 aromatic carbocycles. The number of nitrogens with zero attached hydrogens (tertiary/aromatic N) is 2. The molecule has 19 heavy (non-hydrogen) atoms. The Morgan fingerprint density at radius 2 is 1.95 bits per heavy atom. The molecular weight excluding hydrogens is 266 g/mol. The lowest BCUT2D eigenvalue weighted by Gasteiger charge is -2.24. The molecule has 0 amide bonds. The lowest BCUT2D eigenvalue weighted by molar-refractivity contribution is 0.0601. The normalized spacial score (nSPS) is 10.6. The van der Waals surface area contributed by atoms with Crippen LogP contribution in [0.5, 0.6) is 0 Å². The fourth-order valence-electron chi connectivity index (χ4n) is 1.74. The van der Waals surface area contributed by atoms with E-state index in [2.05, 4.69) is 4.90 Å². The highest BCUT2D eigenvalue weighted by Gasteiger charge is 2.19. The average molecular weight is 286 g/mol. The summed E-state index contributed by atoms with van der Waals surface area (Å²) < 4.78 is 4.77. The monoisotopic (exact) mass is 285 g/mol. The predicted octanol–water partition coefficient (Wildman–Crippen LogP) is 1.71. The number of anilines is 2. The molecule has 0 spiro atoms. The maximum absolute atomic E-state index is 11.8. The second kappa shape index (κ2) is 6.63. The fourth-order valence-corrected chi connectivity index (χ4v) is 2.11. The van der Waals surface area contributed by atoms with Crippen LogP contribution in [0.25, 0.3) is 0 Å². The minimum Gasteiger partial charge on any atom is -0.465 e. The van der Waals surface area contributed by atoms with E-state index < -0.39 is 5.97 Å². The van der Waals surface area contributed by atoms with E-state index in [4.69, 9.17) is 22.1 Å². The minimum atomic E-state index is -0.444. The molecule has 0 fully saturated rings. The lowest BCUT2D eigenvalue weighted by atomic mass is 10.1. The number of esters is 1. The summed E-state index contributed by atoms with van der Waals surface area (Å²) in [5.41, 5.74) is 7.19.